The zero-order chi connectivity index (χ0) is 10.2. The number of carbonyl (C=O) groups is 1. The fraction of sp³-hybridized carbons (Fsp3) is 0.625. The molecule has 0 saturated carbocycles. The molecule has 0 amide bonds. The van der Waals surface area contributed by atoms with Gasteiger partial charge in [0.1, 0.15) is 11.2 Å². The number of ether oxygens (including phenoxy) is 1. The zero-order valence-corrected chi connectivity index (χ0v) is 7.93. The fourth-order valence-electron chi connectivity index (χ4n) is 1.51. The highest BCUT2D eigenvalue weighted by Gasteiger charge is 2.40. The van der Waals surface area contributed by atoms with Crippen molar-refractivity contribution < 1.29 is 9.53 Å². The van der Waals surface area contributed by atoms with E-state index in [4.69, 9.17) is 10.5 Å². The Kier molecular flexibility index (Phi) is 2.09. The minimum atomic E-state index is -0.893. The maximum atomic E-state index is 11.9. The first-order valence-electron chi connectivity index (χ1n) is 4.39. The molecule has 6 nitrogen and oxygen atoms in total. The number of nitrogens with zero attached hydrogens (tertiary/aromatic N) is 3. The van der Waals surface area contributed by atoms with Crippen molar-refractivity contribution in [3.05, 3.63) is 11.9 Å². The van der Waals surface area contributed by atoms with E-state index < -0.39 is 5.54 Å². The van der Waals surface area contributed by atoms with Gasteiger partial charge in [-0.1, -0.05) is 5.21 Å². The Morgan fingerprint density at radius 3 is 3.07 bits per heavy atom. The first-order valence-corrected chi connectivity index (χ1v) is 4.39. The molecule has 0 spiro atoms. The van der Waals surface area contributed by atoms with Gasteiger partial charge < -0.3 is 10.5 Å². The highest BCUT2D eigenvalue weighted by molar-refractivity contribution is 6.01. The maximum Gasteiger partial charge on any atom is 0.204 e. The quantitative estimate of drug-likeness (QED) is 0.621. The van der Waals surface area contributed by atoms with Gasteiger partial charge in [0.25, 0.3) is 0 Å². The molecule has 1 atom stereocenters. The van der Waals surface area contributed by atoms with E-state index in [0.29, 0.717) is 18.7 Å². The van der Waals surface area contributed by atoms with Crippen LogP contribution in [0, 0.1) is 0 Å². The van der Waals surface area contributed by atoms with E-state index in [1.807, 2.05) is 0 Å². The predicted molar refractivity (Wildman–Crippen MR) is 47.7 cm³/mol. The fourth-order valence-corrected chi connectivity index (χ4v) is 1.51. The van der Waals surface area contributed by atoms with E-state index in [-0.39, 0.29) is 12.4 Å². The molecule has 2 rings (SSSR count). The molecule has 0 bridgehead atoms. The number of aromatic nitrogens is 3. The lowest BCUT2D eigenvalue weighted by Crippen LogP contribution is -2.49. The van der Waals surface area contributed by atoms with Crippen molar-refractivity contribution in [2.45, 2.75) is 12.0 Å². The summed E-state index contributed by atoms with van der Waals surface area (Å²) in [6, 6.07) is 0. The van der Waals surface area contributed by atoms with Crippen LogP contribution in [-0.4, -0.2) is 39.5 Å². The third kappa shape index (κ3) is 1.32. The molecular formula is C8H12N4O2. The Morgan fingerprint density at radius 2 is 2.57 bits per heavy atom. The SMILES string of the molecule is Cn1nncc1C(=O)C1(N)CCOC1. The van der Waals surface area contributed by atoms with Crippen molar-refractivity contribution in [3.63, 3.8) is 0 Å². The van der Waals surface area contributed by atoms with Crippen LogP contribution in [0.4, 0.5) is 0 Å². The van der Waals surface area contributed by atoms with Crippen LogP contribution in [-0.2, 0) is 11.8 Å². The molecule has 14 heavy (non-hydrogen) atoms. The van der Waals surface area contributed by atoms with Gasteiger partial charge in [-0.15, -0.1) is 5.10 Å². The smallest absolute Gasteiger partial charge is 0.204 e. The minimum Gasteiger partial charge on any atom is -0.379 e. The summed E-state index contributed by atoms with van der Waals surface area (Å²) >= 11 is 0. The first kappa shape index (κ1) is 9.29. The molecule has 0 radical (unpaired) electrons. The number of carbonyl (C=O) groups excluding carboxylic acids is 1. The lowest BCUT2D eigenvalue weighted by molar-refractivity contribution is 0.0853. The predicted octanol–water partition coefficient (Wildman–Crippen LogP) is -0.884. The maximum absolute atomic E-state index is 11.9. The number of rotatable bonds is 2. The lowest BCUT2D eigenvalue weighted by atomic mass is 9.92. The van der Waals surface area contributed by atoms with E-state index in [1.54, 1.807) is 7.05 Å². The van der Waals surface area contributed by atoms with E-state index in [9.17, 15) is 4.79 Å². The van der Waals surface area contributed by atoms with E-state index in [1.165, 1.54) is 10.9 Å². The second-order valence-electron chi connectivity index (χ2n) is 3.53. The molecule has 0 aromatic carbocycles. The van der Waals surface area contributed by atoms with Crippen LogP contribution in [0.2, 0.25) is 0 Å². The summed E-state index contributed by atoms with van der Waals surface area (Å²) in [6.07, 6.45) is 1.98. The van der Waals surface area contributed by atoms with Gasteiger partial charge in [-0.05, 0) is 6.42 Å². The summed E-state index contributed by atoms with van der Waals surface area (Å²) in [7, 11) is 1.67. The Labute approximate surface area is 81.0 Å². The largest absolute Gasteiger partial charge is 0.379 e. The summed E-state index contributed by atoms with van der Waals surface area (Å²) < 4.78 is 6.55. The monoisotopic (exact) mass is 196 g/mol. The van der Waals surface area contributed by atoms with Crippen molar-refractivity contribution in [2.24, 2.45) is 12.8 Å². The number of aryl methyl sites for hydroxylation is 1. The van der Waals surface area contributed by atoms with Crippen LogP contribution in [0.1, 0.15) is 16.9 Å². The van der Waals surface area contributed by atoms with Crippen LogP contribution in [0.25, 0.3) is 0 Å². The molecule has 1 aliphatic rings. The summed E-state index contributed by atoms with van der Waals surface area (Å²) in [5.41, 5.74) is 5.45. The van der Waals surface area contributed by atoms with Crippen molar-refractivity contribution >= 4 is 5.78 Å². The van der Waals surface area contributed by atoms with Gasteiger partial charge in [0.15, 0.2) is 0 Å². The van der Waals surface area contributed by atoms with Gasteiger partial charge in [0.2, 0.25) is 5.78 Å². The molecule has 1 aromatic heterocycles. The molecule has 1 aliphatic heterocycles. The Hall–Kier alpha value is -1.27. The van der Waals surface area contributed by atoms with Gasteiger partial charge in [-0.3, -0.25) is 4.79 Å². The van der Waals surface area contributed by atoms with E-state index in [2.05, 4.69) is 10.3 Å². The van der Waals surface area contributed by atoms with Crippen molar-refractivity contribution in [1.82, 2.24) is 15.0 Å². The van der Waals surface area contributed by atoms with Gasteiger partial charge in [0, 0.05) is 13.7 Å². The van der Waals surface area contributed by atoms with Crippen LogP contribution in [0.5, 0.6) is 0 Å². The van der Waals surface area contributed by atoms with Gasteiger partial charge in [-0.2, -0.15) is 0 Å². The highest BCUT2D eigenvalue weighted by atomic mass is 16.5. The number of Topliss-reactive ketones (excluding diaryl/α,β-unsaturated/α-hetero) is 1. The summed E-state index contributed by atoms with van der Waals surface area (Å²) in [5, 5.41) is 7.33. The minimum absolute atomic E-state index is 0.150. The molecule has 2 N–H and O–H groups in total. The number of hydrogen-bond donors (Lipinski definition) is 1. The molecule has 1 unspecified atom stereocenters. The summed E-state index contributed by atoms with van der Waals surface area (Å²) in [4.78, 5) is 11.9. The van der Waals surface area contributed by atoms with E-state index in [0.717, 1.165) is 0 Å². The van der Waals surface area contributed by atoms with Gasteiger partial charge in [0.05, 0.1) is 12.8 Å². The average Bonchev–Trinajstić information content (AvgIpc) is 2.74. The average molecular weight is 196 g/mol. The molecule has 0 aliphatic carbocycles. The third-order valence-electron chi connectivity index (χ3n) is 2.45. The highest BCUT2D eigenvalue weighted by Crippen LogP contribution is 2.20. The number of hydrogen-bond acceptors (Lipinski definition) is 5. The Balaban J connectivity index is 2.28. The molecular weight excluding hydrogens is 184 g/mol. The van der Waals surface area contributed by atoms with Crippen LogP contribution in [0.15, 0.2) is 6.20 Å². The summed E-state index contributed by atoms with van der Waals surface area (Å²) in [6.45, 7) is 0.810. The van der Waals surface area contributed by atoms with Crippen LogP contribution >= 0.6 is 0 Å². The Bertz CT molecular complexity index is 354. The van der Waals surface area contributed by atoms with Crippen molar-refractivity contribution in [3.8, 4) is 0 Å². The number of ketones is 1. The van der Waals surface area contributed by atoms with Gasteiger partial charge in [-0.25, -0.2) is 4.68 Å². The van der Waals surface area contributed by atoms with Crippen molar-refractivity contribution in [2.75, 3.05) is 13.2 Å². The normalized spacial score (nSPS) is 26.7. The first-order chi connectivity index (χ1) is 6.63. The molecule has 1 saturated heterocycles. The zero-order valence-electron chi connectivity index (χ0n) is 7.93. The molecule has 6 heteroatoms. The second-order valence-corrected chi connectivity index (χ2v) is 3.53. The topological polar surface area (TPSA) is 83.0 Å². The lowest BCUT2D eigenvalue weighted by Gasteiger charge is -2.18. The molecule has 2 heterocycles. The van der Waals surface area contributed by atoms with E-state index >= 15 is 0 Å². The van der Waals surface area contributed by atoms with Crippen LogP contribution < -0.4 is 5.73 Å². The standard InChI is InChI=1S/C8H12N4O2/c1-12-6(4-10-11-12)7(13)8(9)2-3-14-5-8/h4H,2-3,5,9H2,1H3. The van der Waals surface area contributed by atoms with Gasteiger partial charge >= 0.3 is 0 Å². The molecule has 76 valence electrons. The van der Waals surface area contributed by atoms with Crippen molar-refractivity contribution in [1.29, 1.82) is 0 Å². The Morgan fingerprint density at radius 1 is 1.79 bits per heavy atom. The van der Waals surface area contributed by atoms with Crippen LogP contribution in [0.3, 0.4) is 0 Å². The third-order valence-corrected chi connectivity index (χ3v) is 2.45. The second kappa shape index (κ2) is 3.14. The molecule has 1 aromatic rings. The molecule has 1 fully saturated rings. The number of nitrogens with two attached hydrogens (primary N) is 1. The summed E-state index contributed by atoms with van der Waals surface area (Å²) in [5.74, 6) is -0.150.